The summed E-state index contributed by atoms with van der Waals surface area (Å²) in [6, 6.07) is 8.66. The number of fused-ring (bicyclic) bond motifs is 1. The summed E-state index contributed by atoms with van der Waals surface area (Å²) in [5.74, 6) is 0.927. The monoisotopic (exact) mass is 401 g/mol. The second-order valence-corrected chi connectivity index (χ2v) is 7.95. The predicted octanol–water partition coefficient (Wildman–Crippen LogP) is 3.05. The number of hydrogen-bond acceptors (Lipinski definition) is 7. The number of thioether (sulfide) groups is 1. The van der Waals surface area contributed by atoms with E-state index in [1.54, 1.807) is 28.4 Å². The number of thiophene rings is 1. The maximum Gasteiger partial charge on any atom is 0.269 e. The zero-order valence-corrected chi connectivity index (χ0v) is 15.8. The van der Waals surface area contributed by atoms with Gasteiger partial charge in [0.2, 0.25) is 11.1 Å². The highest BCUT2D eigenvalue weighted by Gasteiger charge is 2.26. The van der Waals surface area contributed by atoms with Crippen LogP contribution in [0.4, 0.5) is 11.4 Å². The molecule has 2 aromatic heterocycles. The van der Waals surface area contributed by atoms with E-state index in [1.807, 2.05) is 17.5 Å². The molecule has 0 saturated carbocycles. The summed E-state index contributed by atoms with van der Waals surface area (Å²) in [4.78, 5) is 30.3. The minimum atomic E-state index is -0.419. The molecular weight excluding hydrogens is 386 g/mol. The van der Waals surface area contributed by atoms with Gasteiger partial charge in [-0.15, -0.1) is 16.4 Å². The molecule has 0 saturated heterocycles. The molecule has 4 rings (SSSR count). The lowest BCUT2D eigenvalue weighted by atomic mass is 10.1. The van der Waals surface area contributed by atoms with Gasteiger partial charge in [0.25, 0.3) is 5.69 Å². The van der Waals surface area contributed by atoms with Crippen molar-refractivity contribution in [2.24, 2.45) is 0 Å². The number of amides is 1. The summed E-state index contributed by atoms with van der Waals surface area (Å²) in [7, 11) is 0. The summed E-state index contributed by atoms with van der Waals surface area (Å²) in [5.41, 5.74) is 1.63. The summed E-state index contributed by atoms with van der Waals surface area (Å²) < 4.78 is 0. The molecule has 1 aromatic carbocycles. The fourth-order valence-electron chi connectivity index (χ4n) is 2.96. The number of benzene rings is 1. The normalized spacial score (nSPS) is 13.0. The molecule has 27 heavy (non-hydrogen) atoms. The Morgan fingerprint density at radius 3 is 3.07 bits per heavy atom. The van der Waals surface area contributed by atoms with Crippen molar-refractivity contribution in [1.82, 2.24) is 15.2 Å². The van der Waals surface area contributed by atoms with Crippen LogP contribution in [-0.4, -0.2) is 38.3 Å². The van der Waals surface area contributed by atoms with Crippen molar-refractivity contribution in [3.05, 3.63) is 62.1 Å². The minimum absolute atomic E-state index is 0.0522. The first-order valence-electron chi connectivity index (χ1n) is 8.24. The maximum absolute atomic E-state index is 12.6. The van der Waals surface area contributed by atoms with E-state index in [2.05, 4.69) is 15.2 Å². The Kier molecular flexibility index (Phi) is 4.90. The number of H-pyrrole nitrogens is 1. The molecule has 1 aliphatic heterocycles. The molecule has 0 radical (unpaired) electrons. The van der Waals surface area contributed by atoms with Gasteiger partial charge in [-0.3, -0.25) is 20.0 Å². The summed E-state index contributed by atoms with van der Waals surface area (Å²) in [5, 5.41) is 20.5. The van der Waals surface area contributed by atoms with Gasteiger partial charge in [0.1, 0.15) is 5.82 Å². The highest BCUT2D eigenvalue weighted by Crippen LogP contribution is 2.32. The Bertz CT molecular complexity index is 986. The van der Waals surface area contributed by atoms with Gasteiger partial charge in [-0.2, -0.15) is 0 Å². The number of hydrogen-bond donors (Lipinski definition) is 1. The fraction of sp³-hybridized carbons (Fsp3) is 0.235. The average Bonchev–Trinajstić information content (AvgIpc) is 3.40. The molecule has 0 unspecified atom stereocenters. The zero-order chi connectivity index (χ0) is 18.8. The minimum Gasteiger partial charge on any atom is -0.311 e. The number of aromatic nitrogens is 3. The molecule has 1 aliphatic rings. The number of nitro benzene ring substituents is 1. The zero-order valence-electron chi connectivity index (χ0n) is 14.1. The van der Waals surface area contributed by atoms with Gasteiger partial charge < -0.3 is 4.90 Å². The van der Waals surface area contributed by atoms with Gasteiger partial charge in [0.05, 0.1) is 10.7 Å². The Morgan fingerprint density at radius 1 is 1.41 bits per heavy atom. The molecule has 0 fully saturated rings. The van der Waals surface area contributed by atoms with E-state index >= 15 is 0 Å². The van der Waals surface area contributed by atoms with Crippen molar-refractivity contribution in [3.63, 3.8) is 0 Å². The third-order valence-corrected chi connectivity index (χ3v) is 5.94. The van der Waals surface area contributed by atoms with Gasteiger partial charge in [-0.05, 0) is 29.5 Å². The molecule has 138 valence electrons. The number of nitrogens with one attached hydrogen (secondary N) is 1. The molecule has 3 heterocycles. The number of anilines is 1. The first kappa shape index (κ1) is 17.7. The van der Waals surface area contributed by atoms with E-state index in [1.165, 1.54) is 22.7 Å². The molecule has 3 aromatic rings. The molecule has 1 amide bonds. The maximum atomic E-state index is 12.6. The number of carbonyl (C=O) groups is 1. The van der Waals surface area contributed by atoms with Crippen molar-refractivity contribution >= 4 is 40.4 Å². The van der Waals surface area contributed by atoms with Crippen molar-refractivity contribution in [3.8, 4) is 0 Å². The van der Waals surface area contributed by atoms with Crippen LogP contribution in [0.25, 0.3) is 0 Å². The SMILES string of the molecule is O=C(CSc1n[nH]c(Cc2cccs2)n1)N1CCc2cc([N+](=O)[O-])ccc21. The summed E-state index contributed by atoms with van der Waals surface area (Å²) in [6.07, 6.45) is 1.32. The predicted molar refractivity (Wildman–Crippen MR) is 103 cm³/mol. The van der Waals surface area contributed by atoms with Crippen molar-refractivity contribution < 1.29 is 9.72 Å². The highest BCUT2D eigenvalue weighted by atomic mass is 32.2. The first-order valence-corrected chi connectivity index (χ1v) is 10.1. The molecule has 0 aliphatic carbocycles. The van der Waals surface area contributed by atoms with E-state index in [0.29, 0.717) is 24.5 Å². The first-order chi connectivity index (χ1) is 13.1. The number of nitrogens with zero attached hydrogens (tertiary/aromatic N) is 4. The van der Waals surface area contributed by atoms with Crippen LogP contribution in [0.1, 0.15) is 16.3 Å². The van der Waals surface area contributed by atoms with Crippen LogP contribution in [0, 0.1) is 10.1 Å². The lowest BCUT2D eigenvalue weighted by Gasteiger charge is -2.16. The van der Waals surface area contributed by atoms with Gasteiger partial charge in [0, 0.05) is 35.7 Å². The van der Waals surface area contributed by atoms with E-state index in [4.69, 9.17) is 0 Å². The van der Waals surface area contributed by atoms with Crippen LogP contribution < -0.4 is 4.90 Å². The standard InChI is InChI=1S/C17H15N5O3S2/c23-16(21-6-5-11-8-12(22(24)25)3-4-14(11)21)10-27-17-18-15(19-20-17)9-13-2-1-7-26-13/h1-4,7-8H,5-6,9-10H2,(H,18,19,20). The van der Waals surface area contributed by atoms with E-state index < -0.39 is 4.92 Å². The molecular formula is C17H15N5O3S2. The van der Waals surface area contributed by atoms with Crippen LogP contribution in [0.15, 0.2) is 40.9 Å². The van der Waals surface area contributed by atoms with Crippen molar-refractivity contribution in [2.75, 3.05) is 17.2 Å². The van der Waals surface area contributed by atoms with Crippen LogP contribution in [0.2, 0.25) is 0 Å². The van der Waals surface area contributed by atoms with Crippen LogP contribution >= 0.6 is 23.1 Å². The van der Waals surface area contributed by atoms with Crippen LogP contribution in [0.5, 0.6) is 0 Å². The number of carbonyl (C=O) groups excluding carboxylic acids is 1. The molecule has 0 atom stereocenters. The second kappa shape index (κ2) is 7.49. The van der Waals surface area contributed by atoms with E-state index in [0.717, 1.165) is 17.1 Å². The average molecular weight is 401 g/mol. The molecule has 10 heteroatoms. The number of aromatic amines is 1. The Balaban J connectivity index is 1.37. The quantitative estimate of drug-likeness (QED) is 0.387. The van der Waals surface area contributed by atoms with Gasteiger partial charge >= 0.3 is 0 Å². The van der Waals surface area contributed by atoms with Crippen LogP contribution in [0.3, 0.4) is 0 Å². The summed E-state index contributed by atoms with van der Waals surface area (Å²) >= 11 is 2.94. The lowest BCUT2D eigenvalue weighted by Crippen LogP contribution is -2.30. The van der Waals surface area contributed by atoms with Crippen molar-refractivity contribution in [2.45, 2.75) is 18.0 Å². The van der Waals surface area contributed by atoms with Gasteiger partial charge in [-0.25, -0.2) is 4.98 Å². The fourth-order valence-corrected chi connectivity index (χ4v) is 4.37. The van der Waals surface area contributed by atoms with Crippen molar-refractivity contribution in [1.29, 1.82) is 0 Å². The highest BCUT2D eigenvalue weighted by molar-refractivity contribution is 7.99. The molecule has 8 nitrogen and oxygen atoms in total. The third-order valence-electron chi connectivity index (χ3n) is 4.23. The summed E-state index contributed by atoms with van der Waals surface area (Å²) in [6.45, 7) is 0.535. The lowest BCUT2D eigenvalue weighted by molar-refractivity contribution is -0.384. The molecule has 1 N–H and O–H groups in total. The van der Waals surface area contributed by atoms with E-state index in [9.17, 15) is 14.9 Å². The second-order valence-electron chi connectivity index (χ2n) is 5.97. The number of nitro groups is 1. The van der Waals surface area contributed by atoms with Gasteiger partial charge in [0.15, 0.2) is 0 Å². The Hall–Kier alpha value is -2.72. The Morgan fingerprint density at radius 2 is 2.30 bits per heavy atom. The largest absolute Gasteiger partial charge is 0.311 e. The van der Waals surface area contributed by atoms with Crippen LogP contribution in [-0.2, 0) is 17.6 Å². The molecule has 0 spiro atoms. The smallest absolute Gasteiger partial charge is 0.269 e. The van der Waals surface area contributed by atoms with E-state index in [-0.39, 0.29) is 17.3 Å². The third kappa shape index (κ3) is 3.86. The number of rotatable bonds is 6. The topological polar surface area (TPSA) is 105 Å². The number of non-ortho nitro benzene ring substituents is 1. The Labute approximate surface area is 162 Å². The van der Waals surface area contributed by atoms with Gasteiger partial charge in [-0.1, -0.05) is 17.8 Å². The molecule has 0 bridgehead atoms.